The number of amides is 1. The van der Waals surface area contributed by atoms with E-state index in [9.17, 15) is 4.79 Å². The highest BCUT2D eigenvalue weighted by Crippen LogP contribution is 2.20. The van der Waals surface area contributed by atoms with E-state index >= 15 is 0 Å². The summed E-state index contributed by atoms with van der Waals surface area (Å²) in [6.45, 7) is 1.88. The minimum absolute atomic E-state index is 0.156. The topological polar surface area (TPSA) is 54.9 Å². The smallest absolute Gasteiger partial charge is 0.258 e. The maximum atomic E-state index is 12.3. The zero-order valence-corrected chi connectivity index (χ0v) is 11.1. The number of aromatic nitrogens is 2. The highest BCUT2D eigenvalue weighted by atomic mass is 32.1. The Labute approximate surface area is 114 Å². The molecule has 0 bridgehead atoms. The van der Waals surface area contributed by atoms with Crippen molar-refractivity contribution in [1.29, 1.82) is 0 Å². The molecule has 3 aromatic rings. The molecule has 0 saturated heterocycles. The van der Waals surface area contributed by atoms with E-state index in [-0.39, 0.29) is 5.91 Å². The number of aryl methyl sites for hydroxylation is 1. The van der Waals surface area contributed by atoms with E-state index in [1.807, 2.05) is 36.6 Å². The Morgan fingerprint density at radius 3 is 2.95 bits per heavy atom. The third kappa shape index (κ3) is 2.32. The van der Waals surface area contributed by atoms with Crippen molar-refractivity contribution in [1.82, 2.24) is 9.97 Å². The monoisotopic (exact) mass is 269 g/mol. The van der Waals surface area contributed by atoms with Crippen LogP contribution in [0.2, 0.25) is 0 Å². The Morgan fingerprint density at radius 2 is 2.16 bits per heavy atom. The molecule has 94 valence electrons. The van der Waals surface area contributed by atoms with E-state index in [4.69, 9.17) is 0 Å². The van der Waals surface area contributed by atoms with Gasteiger partial charge in [0.2, 0.25) is 0 Å². The first kappa shape index (κ1) is 11.8. The Bertz CT molecular complexity index is 738. The molecular weight excluding hydrogens is 258 g/mol. The van der Waals surface area contributed by atoms with Crippen LogP contribution in [0.4, 0.5) is 5.13 Å². The Hall–Kier alpha value is -2.27. The standard InChI is InChI=1S/C14H11N3OS/c1-9-8-11(10-4-2-3-5-12(10)16-9)13(18)17-14-15-6-7-19-14/h2-8H,1H3,(H,15,17,18). The molecule has 0 unspecified atom stereocenters. The predicted octanol–water partition coefficient (Wildman–Crippen LogP) is 3.25. The van der Waals surface area contributed by atoms with Gasteiger partial charge in [-0.3, -0.25) is 15.1 Å². The Morgan fingerprint density at radius 1 is 1.32 bits per heavy atom. The number of carbonyl (C=O) groups is 1. The minimum Gasteiger partial charge on any atom is -0.298 e. The lowest BCUT2D eigenvalue weighted by Crippen LogP contribution is -2.12. The third-order valence-corrected chi connectivity index (χ3v) is 3.43. The SMILES string of the molecule is Cc1cc(C(=O)Nc2nccs2)c2ccccc2n1. The zero-order chi connectivity index (χ0) is 13.2. The van der Waals surface area contributed by atoms with E-state index in [1.165, 1.54) is 11.3 Å². The molecule has 5 heteroatoms. The van der Waals surface area contributed by atoms with Gasteiger partial charge in [0.1, 0.15) is 0 Å². The molecule has 0 saturated carbocycles. The number of nitrogens with zero attached hydrogens (tertiary/aromatic N) is 2. The van der Waals surface area contributed by atoms with E-state index in [1.54, 1.807) is 12.3 Å². The highest BCUT2D eigenvalue weighted by molar-refractivity contribution is 7.13. The van der Waals surface area contributed by atoms with Gasteiger partial charge in [-0.1, -0.05) is 18.2 Å². The second kappa shape index (κ2) is 4.78. The highest BCUT2D eigenvalue weighted by Gasteiger charge is 2.12. The molecule has 1 aromatic carbocycles. The fraction of sp³-hybridized carbons (Fsp3) is 0.0714. The molecule has 0 aliphatic rings. The summed E-state index contributed by atoms with van der Waals surface area (Å²) in [5.41, 5.74) is 2.27. The molecule has 2 heterocycles. The number of hydrogen-bond donors (Lipinski definition) is 1. The minimum atomic E-state index is -0.156. The van der Waals surface area contributed by atoms with Gasteiger partial charge in [0, 0.05) is 22.7 Å². The molecule has 0 aliphatic heterocycles. The van der Waals surface area contributed by atoms with Crippen LogP contribution in [0, 0.1) is 6.92 Å². The van der Waals surface area contributed by atoms with Crippen molar-refractivity contribution in [3.63, 3.8) is 0 Å². The molecule has 1 amide bonds. The third-order valence-electron chi connectivity index (χ3n) is 2.74. The van der Waals surface area contributed by atoms with E-state index < -0.39 is 0 Å². The number of thiazole rings is 1. The summed E-state index contributed by atoms with van der Waals surface area (Å²) < 4.78 is 0. The maximum absolute atomic E-state index is 12.3. The molecular formula is C14H11N3OS. The molecule has 0 radical (unpaired) electrons. The summed E-state index contributed by atoms with van der Waals surface area (Å²) in [6, 6.07) is 9.42. The summed E-state index contributed by atoms with van der Waals surface area (Å²) in [5.74, 6) is -0.156. The van der Waals surface area contributed by atoms with Crippen LogP contribution in [-0.2, 0) is 0 Å². The molecule has 2 aromatic heterocycles. The van der Waals surface area contributed by atoms with Crippen molar-refractivity contribution in [2.24, 2.45) is 0 Å². The van der Waals surface area contributed by atoms with Crippen molar-refractivity contribution < 1.29 is 4.79 Å². The van der Waals surface area contributed by atoms with Crippen LogP contribution in [0.25, 0.3) is 10.9 Å². The molecule has 3 rings (SSSR count). The first-order valence-corrected chi connectivity index (χ1v) is 6.69. The van der Waals surface area contributed by atoms with Crippen molar-refractivity contribution in [3.05, 3.63) is 53.2 Å². The number of nitrogens with one attached hydrogen (secondary N) is 1. The zero-order valence-electron chi connectivity index (χ0n) is 10.3. The van der Waals surface area contributed by atoms with Gasteiger partial charge in [-0.2, -0.15) is 0 Å². The van der Waals surface area contributed by atoms with Crippen molar-refractivity contribution in [2.45, 2.75) is 6.92 Å². The summed E-state index contributed by atoms with van der Waals surface area (Å²) >= 11 is 1.40. The fourth-order valence-corrected chi connectivity index (χ4v) is 2.47. The molecule has 4 nitrogen and oxygen atoms in total. The van der Waals surface area contributed by atoms with Crippen LogP contribution in [0.5, 0.6) is 0 Å². The van der Waals surface area contributed by atoms with Gasteiger partial charge < -0.3 is 0 Å². The van der Waals surface area contributed by atoms with Gasteiger partial charge in [-0.05, 0) is 19.1 Å². The molecule has 0 aliphatic carbocycles. The number of pyridine rings is 1. The number of anilines is 1. The van der Waals surface area contributed by atoms with E-state index in [2.05, 4.69) is 15.3 Å². The van der Waals surface area contributed by atoms with Crippen LogP contribution < -0.4 is 5.32 Å². The summed E-state index contributed by atoms with van der Waals surface area (Å²) in [4.78, 5) is 20.8. The van der Waals surface area contributed by atoms with Crippen molar-refractivity contribution in [3.8, 4) is 0 Å². The fourth-order valence-electron chi connectivity index (χ4n) is 1.95. The van der Waals surface area contributed by atoms with Crippen LogP contribution in [0.1, 0.15) is 16.1 Å². The first-order valence-electron chi connectivity index (χ1n) is 5.81. The molecule has 0 spiro atoms. The molecule has 1 N–H and O–H groups in total. The number of carbonyl (C=O) groups excluding carboxylic acids is 1. The van der Waals surface area contributed by atoms with Gasteiger partial charge in [-0.15, -0.1) is 11.3 Å². The summed E-state index contributed by atoms with van der Waals surface area (Å²) in [6.07, 6.45) is 1.66. The van der Waals surface area contributed by atoms with Gasteiger partial charge in [0.15, 0.2) is 5.13 Å². The van der Waals surface area contributed by atoms with Gasteiger partial charge in [0.25, 0.3) is 5.91 Å². The number of para-hydroxylation sites is 1. The van der Waals surface area contributed by atoms with Crippen LogP contribution >= 0.6 is 11.3 Å². The number of fused-ring (bicyclic) bond motifs is 1. The van der Waals surface area contributed by atoms with Crippen LogP contribution in [0.15, 0.2) is 41.9 Å². The second-order valence-electron chi connectivity index (χ2n) is 4.12. The Kier molecular flexibility index (Phi) is 2.97. The summed E-state index contributed by atoms with van der Waals surface area (Å²) in [7, 11) is 0. The average Bonchev–Trinajstić information content (AvgIpc) is 2.90. The lowest BCUT2D eigenvalue weighted by Gasteiger charge is -2.07. The van der Waals surface area contributed by atoms with Crippen molar-refractivity contribution in [2.75, 3.05) is 5.32 Å². The first-order chi connectivity index (χ1) is 9.24. The second-order valence-corrected chi connectivity index (χ2v) is 5.01. The van der Waals surface area contributed by atoms with E-state index in [0.29, 0.717) is 10.7 Å². The lowest BCUT2D eigenvalue weighted by molar-refractivity contribution is 0.102. The molecule has 0 fully saturated rings. The predicted molar refractivity (Wildman–Crippen MR) is 76.5 cm³/mol. The number of benzene rings is 1. The maximum Gasteiger partial charge on any atom is 0.258 e. The largest absolute Gasteiger partial charge is 0.298 e. The van der Waals surface area contributed by atoms with E-state index in [0.717, 1.165) is 16.6 Å². The van der Waals surface area contributed by atoms with Crippen LogP contribution in [-0.4, -0.2) is 15.9 Å². The summed E-state index contributed by atoms with van der Waals surface area (Å²) in [5, 5.41) is 6.07. The van der Waals surface area contributed by atoms with Gasteiger partial charge in [-0.25, -0.2) is 4.98 Å². The molecule has 19 heavy (non-hydrogen) atoms. The van der Waals surface area contributed by atoms with Crippen LogP contribution in [0.3, 0.4) is 0 Å². The Balaban J connectivity index is 2.06. The number of hydrogen-bond acceptors (Lipinski definition) is 4. The quantitative estimate of drug-likeness (QED) is 0.777. The van der Waals surface area contributed by atoms with Gasteiger partial charge in [0.05, 0.1) is 11.1 Å². The lowest BCUT2D eigenvalue weighted by atomic mass is 10.1. The van der Waals surface area contributed by atoms with Gasteiger partial charge >= 0.3 is 0 Å². The average molecular weight is 269 g/mol. The van der Waals surface area contributed by atoms with Crippen molar-refractivity contribution >= 4 is 33.3 Å². The molecule has 0 atom stereocenters. The normalized spacial score (nSPS) is 10.6. The number of rotatable bonds is 2.